The summed E-state index contributed by atoms with van der Waals surface area (Å²) in [5.41, 5.74) is 3.11. The van der Waals surface area contributed by atoms with Crippen LogP contribution in [0, 0.1) is 5.92 Å². The molecule has 2 aromatic carbocycles. The van der Waals surface area contributed by atoms with E-state index < -0.39 is 0 Å². The van der Waals surface area contributed by atoms with Crippen molar-refractivity contribution in [2.75, 3.05) is 24.5 Å². The van der Waals surface area contributed by atoms with Crippen LogP contribution in [0.2, 0.25) is 5.02 Å². The highest BCUT2D eigenvalue weighted by atomic mass is 35.5. The minimum absolute atomic E-state index is 0.0676. The van der Waals surface area contributed by atoms with Crippen molar-refractivity contribution in [3.05, 3.63) is 59.1 Å². The molecule has 1 aliphatic rings. The number of hydrogen-bond donors (Lipinski definition) is 2. The van der Waals surface area contributed by atoms with Crippen LogP contribution in [0.3, 0.4) is 0 Å². The lowest BCUT2D eigenvalue weighted by atomic mass is 9.95. The predicted molar refractivity (Wildman–Crippen MR) is 114 cm³/mol. The van der Waals surface area contributed by atoms with E-state index in [0.29, 0.717) is 17.5 Å². The Hall–Kier alpha value is -2.53. The third kappa shape index (κ3) is 4.14. The number of anilines is 1. The van der Waals surface area contributed by atoms with Gasteiger partial charge in [0.05, 0.1) is 11.0 Å². The molecule has 0 unspecified atom stereocenters. The van der Waals surface area contributed by atoms with Crippen LogP contribution in [0.4, 0.5) is 5.95 Å². The summed E-state index contributed by atoms with van der Waals surface area (Å²) in [7, 11) is 0. The number of fused-ring (bicyclic) bond motifs is 1. The highest BCUT2D eigenvalue weighted by Gasteiger charge is 2.26. The molecule has 6 heteroatoms. The fourth-order valence-electron chi connectivity index (χ4n) is 3.77. The largest absolute Gasteiger partial charge is 0.355 e. The zero-order valence-electron chi connectivity index (χ0n) is 16.0. The topological polar surface area (TPSA) is 61.0 Å². The SMILES string of the molecule is C[C@H](CNC(=O)C1CCN(c2nc3ccc(Cl)cc3[nH]2)CC1)c1ccccc1. The van der Waals surface area contributed by atoms with Crippen molar-refractivity contribution < 1.29 is 4.79 Å². The fourth-order valence-corrected chi connectivity index (χ4v) is 3.94. The van der Waals surface area contributed by atoms with Crippen LogP contribution in [-0.4, -0.2) is 35.5 Å². The molecule has 0 radical (unpaired) electrons. The van der Waals surface area contributed by atoms with Gasteiger partial charge in [-0.25, -0.2) is 4.98 Å². The van der Waals surface area contributed by atoms with Crippen LogP contribution in [0.1, 0.15) is 31.2 Å². The molecule has 146 valence electrons. The molecule has 2 heterocycles. The van der Waals surface area contributed by atoms with Gasteiger partial charge < -0.3 is 15.2 Å². The number of H-pyrrole nitrogens is 1. The molecule has 1 amide bonds. The number of hydrogen-bond acceptors (Lipinski definition) is 3. The number of halogens is 1. The summed E-state index contributed by atoms with van der Waals surface area (Å²) in [6.07, 6.45) is 1.67. The maximum Gasteiger partial charge on any atom is 0.223 e. The maximum absolute atomic E-state index is 12.6. The van der Waals surface area contributed by atoms with Gasteiger partial charge in [0, 0.05) is 30.6 Å². The molecule has 2 N–H and O–H groups in total. The zero-order chi connectivity index (χ0) is 19.5. The van der Waals surface area contributed by atoms with E-state index in [-0.39, 0.29) is 11.8 Å². The Bertz CT molecular complexity index is 948. The first-order valence-electron chi connectivity index (χ1n) is 9.83. The molecule has 4 rings (SSSR count). The van der Waals surface area contributed by atoms with Crippen molar-refractivity contribution in [1.29, 1.82) is 0 Å². The number of nitrogens with zero attached hydrogens (tertiary/aromatic N) is 2. The van der Waals surface area contributed by atoms with E-state index in [2.05, 4.69) is 39.2 Å². The van der Waals surface area contributed by atoms with Crippen LogP contribution in [0.5, 0.6) is 0 Å². The molecule has 0 saturated carbocycles. The molecule has 1 atom stereocenters. The highest BCUT2D eigenvalue weighted by Crippen LogP contribution is 2.25. The van der Waals surface area contributed by atoms with Gasteiger partial charge in [-0.15, -0.1) is 0 Å². The van der Waals surface area contributed by atoms with Crippen molar-refractivity contribution in [3.63, 3.8) is 0 Å². The van der Waals surface area contributed by atoms with Crippen molar-refractivity contribution in [1.82, 2.24) is 15.3 Å². The first-order valence-corrected chi connectivity index (χ1v) is 10.2. The smallest absolute Gasteiger partial charge is 0.223 e. The van der Waals surface area contributed by atoms with Crippen LogP contribution in [0.15, 0.2) is 48.5 Å². The van der Waals surface area contributed by atoms with Gasteiger partial charge in [-0.1, -0.05) is 48.9 Å². The van der Waals surface area contributed by atoms with Gasteiger partial charge in [-0.3, -0.25) is 4.79 Å². The zero-order valence-corrected chi connectivity index (χ0v) is 16.7. The third-order valence-electron chi connectivity index (χ3n) is 5.55. The molecule has 1 saturated heterocycles. The van der Waals surface area contributed by atoms with E-state index in [1.807, 2.05) is 36.4 Å². The van der Waals surface area contributed by atoms with Gasteiger partial charge in [0.1, 0.15) is 0 Å². The van der Waals surface area contributed by atoms with Crippen LogP contribution in [0.25, 0.3) is 11.0 Å². The van der Waals surface area contributed by atoms with Crippen molar-refractivity contribution >= 4 is 34.5 Å². The number of aromatic amines is 1. The molecule has 3 aromatic rings. The number of imidazole rings is 1. The standard InChI is InChI=1S/C22H25ClN4O/c1-15(16-5-3-2-4-6-16)14-24-21(28)17-9-11-27(12-10-17)22-25-19-8-7-18(23)13-20(19)26-22/h2-8,13,15,17H,9-12,14H2,1H3,(H,24,28)(H,25,26)/t15-/m1/s1. The normalized spacial score (nSPS) is 16.3. The summed E-state index contributed by atoms with van der Waals surface area (Å²) in [5, 5.41) is 3.83. The van der Waals surface area contributed by atoms with E-state index in [1.165, 1.54) is 5.56 Å². The predicted octanol–water partition coefficient (Wildman–Crippen LogP) is 4.35. The molecule has 5 nitrogen and oxygen atoms in total. The Morgan fingerprint density at radius 2 is 2.00 bits per heavy atom. The highest BCUT2D eigenvalue weighted by molar-refractivity contribution is 6.31. The molecular weight excluding hydrogens is 372 g/mol. The van der Waals surface area contributed by atoms with Gasteiger partial charge in [-0.05, 0) is 42.5 Å². The molecule has 1 fully saturated rings. The van der Waals surface area contributed by atoms with E-state index in [9.17, 15) is 4.79 Å². The second kappa shape index (κ2) is 8.23. The average molecular weight is 397 g/mol. The number of amides is 1. The van der Waals surface area contributed by atoms with E-state index in [1.54, 1.807) is 0 Å². The summed E-state index contributed by atoms with van der Waals surface area (Å²) >= 11 is 6.05. The molecule has 0 aliphatic carbocycles. The Kier molecular flexibility index (Phi) is 5.53. The number of aromatic nitrogens is 2. The van der Waals surface area contributed by atoms with E-state index in [4.69, 9.17) is 11.6 Å². The first kappa shape index (κ1) is 18.8. The molecule has 28 heavy (non-hydrogen) atoms. The number of carbonyl (C=O) groups is 1. The monoisotopic (exact) mass is 396 g/mol. The lowest BCUT2D eigenvalue weighted by Crippen LogP contribution is -2.41. The minimum atomic E-state index is 0.0676. The van der Waals surface area contributed by atoms with Crippen molar-refractivity contribution in [2.24, 2.45) is 5.92 Å². The van der Waals surface area contributed by atoms with Gasteiger partial charge >= 0.3 is 0 Å². The summed E-state index contributed by atoms with van der Waals surface area (Å²) in [4.78, 5) is 22.8. The summed E-state index contributed by atoms with van der Waals surface area (Å²) in [5.74, 6) is 1.40. The summed E-state index contributed by atoms with van der Waals surface area (Å²) < 4.78 is 0. The number of rotatable bonds is 5. The second-order valence-corrected chi connectivity index (χ2v) is 7.98. The lowest BCUT2D eigenvalue weighted by Gasteiger charge is -2.31. The van der Waals surface area contributed by atoms with Crippen LogP contribution < -0.4 is 10.2 Å². The number of piperidine rings is 1. The van der Waals surface area contributed by atoms with E-state index >= 15 is 0 Å². The summed E-state index contributed by atoms with van der Waals surface area (Å²) in [6.45, 7) is 4.46. The van der Waals surface area contributed by atoms with Crippen molar-refractivity contribution in [2.45, 2.75) is 25.7 Å². The fraction of sp³-hybridized carbons (Fsp3) is 0.364. The minimum Gasteiger partial charge on any atom is -0.355 e. The average Bonchev–Trinajstić information content (AvgIpc) is 3.15. The Morgan fingerprint density at radius 3 is 2.75 bits per heavy atom. The maximum atomic E-state index is 12.6. The van der Waals surface area contributed by atoms with Crippen LogP contribution in [-0.2, 0) is 4.79 Å². The Balaban J connectivity index is 1.30. The molecule has 1 aromatic heterocycles. The number of nitrogens with one attached hydrogen (secondary N) is 2. The molecule has 0 bridgehead atoms. The van der Waals surface area contributed by atoms with Gasteiger partial charge in [0.25, 0.3) is 0 Å². The quantitative estimate of drug-likeness (QED) is 0.673. The number of carbonyl (C=O) groups excluding carboxylic acids is 1. The lowest BCUT2D eigenvalue weighted by molar-refractivity contribution is -0.125. The summed E-state index contributed by atoms with van der Waals surface area (Å²) in [6, 6.07) is 16.0. The van der Waals surface area contributed by atoms with E-state index in [0.717, 1.165) is 42.9 Å². The first-order chi connectivity index (χ1) is 13.6. The molecular formula is C22H25ClN4O. The molecule has 1 aliphatic heterocycles. The van der Waals surface area contributed by atoms with Gasteiger partial charge in [0.15, 0.2) is 0 Å². The third-order valence-corrected chi connectivity index (χ3v) is 5.78. The molecule has 0 spiro atoms. The Morgan fingerprint density at radius 1 is 1.25 bits per heavy atom. The number of benzene rings is 2. The second-order valence-electron chi connectivity index (χ2n) is 7.54. The van der Waals surface area contributed by atoms with Gasteiger partial charge in [0.2, 0.25) is 11.9 Å². The Labute approximate surface area is 170 Å². The van der Waals surface area contributed by atoms with Crippen LogP contribution >= 0.6 is 11.6 Å². The van der Waals surface area contributed by atoms with Gasteiger partial charge in [-0.2, -0.15) is 0 Å². The van der Waals surface area contributed by atoms with Crippen molar-refractivity contribution in [3.8, 4) is 0 Å².